The van der Waals surface area contributed by atoms with Gasteiger partial charge < -0.3 is 35.5 Å². The van der Waals surface area contributed by atoms with Crippen LogP contribution in [0.3, 0.4) is 0 Å². The van der Waals surface area contributed by atoms with Crippen molar-refractivity contribution in [2.24, 2.45) is 0 Å². The molecule has 0 aliphatic heterocycles. The van der Waals surface area contributed by atoms with Gasteiger partial charge in [0.25, 0.3) is 0 Å². The van der Waals surface area contributed by atoms with Crippen molar-refractivity contribution in [3.63, 3.8) is 0 Å². The number of fused-ring (bicyclic) bond motifs is 1. The highest BCUT2D eigenvalue weighted by molar-refractivity contribution is 5.82. The summed E-state index contributed by atoms with van der Waals surface area (Å²) in [5.74, 6) is 2.36. The van der Waals surface area contributed by atoms with Gasteiger partial charge in [0.05, 0.1) is 33.1 Å². The Bertz CT molecular complexity index is 2010. The number of nitrogens with zero attached hydrogens (tertiary/aromatic N) is 1. The third-order valence-corrected chi connectivity index (χ3v) is 8.14. The number of halogens is 1. The molecule has 49 heavy (non-hydrogen) atoms. The molecule has 0 saturated carbocycles. The summed E-state index contributed by atoms with van der Waals surface area (Å²) in [6, 6.07) is 41.3. The monoisotopic (exact) mass is 675 g/mol. The van der Waals surface area contributed by atoms with Gasteiger partial charge in [0.1, 0.15) is 36.9 Å². The van der Waals surface area contributed by atoms with E-state index in [0.29, 0.717) is 65.8 Å². The molecule has 0 spiro atoms. The second kappa shape index (κ2) is 16.4. The van der Waals surface area contributed by atoms with Crippen molar-refractivity contribution >= 4 is 11.0 Å². The summed E-state index contributed by atoms with van der Waals surface area (Å²) < 4.78 is 26.2. The first-order chi connectivity index (χ1) is 23.3. The van der Waals surface area contributed by atoms with Crippen molar-refractivity contribution in [1.29, 1.82) is 0 Å². The molecule has 0 bridgehead atoms. The predicted octanol–water partition coefficient (Wildman–Crippen LogP) is 5.84. The van der Waals surface area contributed by atoms with E-state index in [-0.39, 0.29) is 17.8 Å². The first-order valence-electron chi connectivity index (χ1n) is 16.4. The van der Waals surface area contributed by atoms with Crippen molar-refractivity contribution in [3.8, 4) is 28.6 Å². The molecule has 0 atom stereocenters. The lowest BCUT2D eigenvalue weighted by Crippen LogP contribution is -3.00. The maximum Gasteiger partial charge on any atom is 0.196 e. The zero-order valence-electron chi connectivity index (χ0n) is 28.2. The summed E-state index contributed by atoms with van der Waals surface area (Å²) in [5.41, 5.74) is 5.01. The van der Waals surface area contributed by atoms with E-state index in [2.05, 4.69) is 21.1 Å². The molecule has 252 valence electrons. The molecule has 0 saturated heterocycles. The summed E-state index contributed by atoms with van der Waals surface area (Å²) in [4.78, 5) is 14.1. The lowest BCUT2D eigenvalue weighted by molar-refractivity contribution is -0.870. The number of rotatable bonds is 14. The molecule has 0 N–H and O–H groups in total. The first-order valence-corrected chi connectivity index (χ1v) is 16.4. The molecule has 0 aliphatic rings. The van der Waals surface area contributed by atoms with Crippen molar-refractivity contribution < 1.29 is 35.5 Å². The predicted molar refractivity (Wildman–Crippen MR) is 191 cm³/mol. The van der Waals surface area contributed by atoms with Gasteiger partial charge in [0.15, 0.2) is 16.9 Å². The summed E-state index contributed by atoms with van der Waals surface area (Å²) in [6.45, 7) is 2.10. The van der Waals surface area contributed by atoms with Crippen LogP contribution in [0, 0.1) is 0 Å². The van der Waals surface area contributed by atoms with E-state index in [1.807, 2.05) is 127 Å². The van der Waals surface area contributed by atoms with Crippen LogP contribution in [0.25, 0.3) is 22.3 Å². The molecule has 5 aromatic carbocycles. The van der Waals surface area contributed by atoms with Crippen LogP contribution in [-0.2, 0) is 26.2 Å². The molecule has 1 heterocycles. The fraction of sp³-hybridized carbons (Fsp3) is 0.214. The van der Waals surface area contributed by atoms with Gasteiger partial charge in [-0.05, 0) is 53.4 Å². The Morgan fingerprint density at radius 2 is 1.16 bits per heavy atom. The third kappa shape index (κ3) is 9.53. The van der Waals surface area contributed by atoms with Crippen LogP contribution in [0.4, 0.5) is 0 Å². The van der Waals surface area contributed by atoms with Crippen molar-refractivity contribution in [3.05, 3.63) is 160 Å². The van der Waals surface area contributed by atoms with Crippen molar-refractivity contribution in [1.82, 2.24) is 0 Å². The molecule has 6 aromatic rings. The number of hydrogen-bond acceptors (Lipinski definition) is 5. The van der Waals surface area contributed by atoms with Crippen molar-refractivity contribution in [2.75, 3.05) is 27.7 Å². The van der Waals surface area contributed by atoms with Crippen LogP contribution < -0.4 is 32.0 Å². The Balaban J connectivity index is 0.00000468. The van der Waals surface area contributed by atoms with Gasteiger partial charge in [-0.1, -0.05) is 91.0 Å². The van der Waals surface area contributed by atoms with Gasteiger partial charge >= 0.3 is 0 Å². The normalized spacial score (nSPS) is 11.2. The largest absolute Gasteiger partial charge is 1.00 e. The fourth-order valence-electron chi connectivity index (χ4n) is 5.58. The van der Waals surface area contributed by atoms with E-state index < -0.39 is 0 Å². The SMILES string of the molecule is C[N+](C)(C)CCCc1c(-c2ccc(OCc3ccccc3)c(OCc3ccccc3)c2)oc2cc(OCc3ccccc3)ccc2c1=O.[Cl-]. The summed E-state index contributed by atoms with van der Waals surface area (Å²) in [5, 5.41) is 0.537. The van der Waals surface area contributed by atoms with Crippen LogP contribution in [0.2, 0.25) is 0 Å². The van der Waals surface area contributed by atoms with E-state index in [1.165, 1.54) is 0 Å². The van der Waals surface area contributed by atoms with Crippen LogP contribution >= 0.6 is 0 Å². The minimum absolute atomic E-state index is 0. The smallest absolute Gasteiger partial charge is 0.196 e. The summed E-state index contributed by atoms with van der Waals surface area (Å²) in [7, 11) is 6.47. The van der Waals surface area contributed by atoms with E-state index >= 15 is 0 Å². The topological polar surface area (TPSA) is 57.9 Å². The van der Waals surface area contributed by atoms with E-state index in [4.69, 9.17) is 18.6 Å². The first kappa shape index (κ1) is 35.3. The third-order valence-electron chi connectivity index (χ3n) is 8.14. The van der Waals surface area contributed by atoms with Crippen LogP contribution in [0.1, 0.15) is 28.7 Å². The number of hydrogen-bond donors (Lipinski definition) is 0. The molecule has 0 aliphatic carbocycles. The second-order valence-corrected chi connectivity index (χ2v) is 13.0. The average molecular weight is 676 g/mol. The fourth-order valence-corrected chi connectivity index (χ4v) is 5.58. The van der Waals surface area contributed by atoms with Crippen molar-refractivity contribution in [2.45, 2.75) is 32.7 Å². The quantitative estimate of drug-likeness (QED) is 0.136. The highest BCUT2D eigenvalue weighted by atomic mass is 35.5. The highest BCUT2D eigenvalue weighted by Gasteiger charge is 2.20. The lowest BCUT2D eigenvalue weighted by atomic mass is 10.00. The summed E-state index contributed by atoms with van der Waals surface area (Å²) >= 11 is 0. The lowest BCUT2D eigenvalue weighted by Gasteiger charge is -2.23. The molecule has 0 radical (unpaired) electrons. The molecular weight excluding hydrogens is 634 g/mol. The number of ether oxygens (including phenoxy) is 3. The Hall–Kier alpha value is -5.04. The maximum absolute atomic E-state index is 14.1. The Morgan fingerprint density at radius 3 is 1.73 bits per heavy atom. The number of quaternary nitrogens is 1. The molecule has 6 rings (SSSR count). The maximum atomic E-state index is 14.1. The van der Waals surface area contributed by atoms with Gasteiger partial charge in [0.2, 0.25) is 0 Å². The molecule has 6 nitrogen and oxygen atoms in total. The number of benzene rings is 5. The molecular formula is C42H42ClNO5. The van der Waals surface area contributed by atoms with Crippen LogP contribution in [0.15, 0.2) is 137 Å². The van der Waals surface area contributed by atoms with E-state index in [0.717, 1.165) is 39.7 Å². The zero-order valence-corrected chi connectivity index (χ0v) is 29.0. The van der Waals surface area contributed by atoms with Gasteiger partial charge in [0, 0.05) is 23.6 Å². The van der Waals surface area contributed by atoms with E-state index in [1.54, 1.807) is 0 Å². The zero-order chi connectivity index (χ0) is 33.3. The Morgan fingerprint density at radius 1 is 0.612 bits per heavy atom. The van der Waals surface area contributed by atoms with E-state index in [9.17, 15) is 4.79 Å². The van der Waals surface area contributed by atoms with Crippen LogP contribution in [-0.4, -0.2) is 32.2 Å². The standard InChI is InChI=1S/C42H42NO5.ClH/c1-43(2,3)25-13-20-37-41(44)36-23-22-35(45-28-31-14-7-4-8-15-31)27-39(36)48-42(37)34-21-24-38(46-29-32-16-9-5-10-17-32)40(26-34)47-30-33-18-11-6-12-19-33;/h4-12,14-19,21-24,26-27H,13,20,25,28-30H2,1-3H3;1H/q+1;/p-1. The molecule has 0 fully saturated rings. The Labute approximate surface area is 294 Å². The summed E-state index contributed by atoms with van der Waals surface area (Å²) in [6.07, 6.45) is 1.42. The molecule has 1 aromatic heterocycles. The van der Waals surface area contributed by atoms with Gasteiger partial charge in [-0.25, -0.2) is 0 Å². The van der Waals surface area contributed by atoms with Gasteiger partial charge in [-0.2, -0.15) is 0 Å². The Kier molecular flexibility index (Phi) is 11.8. The van der Waals surface area contributed by atoms with Gasteiger partial charge in [-0.3, -0.25) is 4.79 Å². The molecule has 7 heteroatoms. The minimum Gasteiger partial charge on any atom is -1.00 e. The second-order valence-electron chi connectivity index (χ2n) is 13.0. The molecule has 0 amide bonds. The molecule has 0 unspecified atom stereocenters. The minimum atomic E-state index is -0.0292. The highest BCUT2D eigenvalue weighted by Crippen LogP contribution is 2.36. The average Bonchev–Trinajstić information content (AvgIpc) is 3.10. The van der Waals surface area contributed by atoms with Crippen LogP contribution in [0.5, 0.6) is 17.2 Å². The van der Waals surface area contributed by atoms with Gasteiger partial charge in [-0.15, -0.1) is 0 Å².